The van der Waals surface area contributed by atoms with Crippen LogP contribution in [0.2, 0.25) is 0 Å². The van der Waals surface area contributed by atoms with Gasteiger partial charge >= 0.3 is 0 Å². The zero-order valence-electron chi connectivity index (χ0n) is 9.67. The van der Waals surface area contributed by atoms with Gasteiger partial charge in [-0.3, -0.25) is 4.98 Å². The van der Waals surface area contributed by atoms with Gasteiger partial charge in [-0.2, -0.15) is 0 Å². The molecule has 0 radical (unpaired) electrons. The summed E-state index contributed by atoms with van der Waals surface area (Å²) in [4.78, 5) is 8.53. The number of nitrogens with zero attached hydrogens (tertiary/aromatic N) is 2. The third-order valence-corrected chi connectivity index (χ3v) is 2.59. The van der Waals surface area contributed by atoms with E-state index in [0.717, 1.165) is 22.2 Å². The Labute approximate surface area is 105 Å². The normalized spacial score (nSPS) is 9.78. The van der Waals surface area contributed by atoms with Crippen LogP contribution in [0.5, 0.6) is 0 Å². The molecule has 2 nitrogen and oxygen atoms in total. The summed E-state index contributed by atoms with van der Waals surface area (Å²) in [5.41, 5.74) is 2.66. The number of para-hydroxylation sites is 1. The van der Waals surface area contributed by atoms with Crippen LogP contribution in [-0.2, 0) is 0 Å². The van der Waals surface area contributed by atoms with Gasteiger partial charge in [-0.1, -0.05) is 30.2 Å². The van der Waals surface area contributed by atoms with Crippen LogP contribution in [0.3, 0.4) is 0 Å². The van der Waals surface area contributed by atoms with E-state index in [0.29, 0.717) is 0 Å². The topological polar surface area (TPSA) is 25.8 Å². The second-order valence-corrected chi connectivity index (χ2v) is 3.88. The number of hydrogen-bond acceptors (Lipinski definition) is 2. The standard InChI is InChI=1S/C16H10N2/c1-2-7-16-14(5-1)11-13(12-18-16)8-9-15-6-3-4-10-17-15/h1-7,10-12H. The zero-order chi connectivity index (χ0) is 12.2. The number of rotatable bonds is 0. The second-order valence-electron chi connectivity index (χ2n) is 3.88. The van der Waals surface area contributed by atoms with E-state index in [1.165, 1.54) is 0 Å². The Kier molecular flexibility index (Phi) is 2.73. The lowest BCUT2D eigenvalue weighted by molar-refractivity contribution is 1.29. The summed E-state index contributed by atoms with van der Waals surface area (Å²) in [7, 11) is 0. The maximum Gasteiger partial charge on any atom is 0.113 e. The monoisotopic (exact) mass is 230 g/mol. The van der Waals surface area contributed by atoms with Gasteiger partial charge in [-0.15, -0.1) is 0 Å². The first-order valence-electron chi connectivity index (χ1n) is 5.70. The lowest BCUT2D eigenvalue weighted by Gasteiger charge is -1.96. The fraction of sp³-hybridized carbons (Fsp3) is 0. The van der Waals surface area contributed by atoms with Crippen molar-refractivity contribution in [2.24, 2.45) is 0 Å². The summed E-state index contributed by atoms with van der Waals surface area (Å²) in [5.74, 6) is 6.10. The molecule has 0 aliphatic heterocycles. The summed E-state index contributed by atoms with van der Waals surface area (Å²) in [6, 6.07) is 15.7. The summed E-state index contributed by atoms with van der Waals surface area (Å²) >= 11 is 0. The smallest absolute Gasteiger partial charge is 0.113 e. The highest BCUT2D eigenvalue weighted by molar-refractivity contribution is 5.79. The Hall–Kier alpha value is -2.66. The van der Waals surface area contributed by atoms with Crippen molar-refractivity contribution in [2.75, 3.05) is 0 Å². The molecule has 0 aliphatic rings. The van der Waals surface area contributed by atoms with E-state index >= 15 is 0 Å². The number of hydrogen-bond donors (Lipinski definition) is 0. The van der Waals surface area contributed by atoms with Crippen LogP contribution in [0.15, 0.2) is 60.9 Å². The van der Waals surface area contributed by atoms with Crippen molar-refractivity contribution in [3.8, 4) is 11.8 Å². The van der Waals surface area contributed by atoms with Gasteiger partial charge in [-0.25, -0.2) is 4.98 Å². The molecule has 0 saturated carbocycles. The molecule has 0 saturated heterocycles. The highest BCUT2D eigenvalue weighted by Crippen LogP contribution is 2.11. The van der Waals surface area contributed by atoms with Gasteiger partial charge in [-0.05, 0) is 30.2 Å². The molecule has 18 heavy (non-hydrogen) atoms. The van der Waals surface area contributed by atoms with Crippen LogP contribution < -0.4 is 0 Å². The minimum absolute atomic E-state index is 0.769. The van der Waals surface area contributed by atoms with Gasteiger partial charge in [0, 0.05) is 23.3 Å². The van der Waals surface area contributed by atoms with Crippen LogP contribution >= 0.6 is 0 Å². The molecule has 0 unspecified atom stereocenters. The molecular weight excluding hydrogens is 220 g/mol. The van der Waals surface area contributed by atoms with Gasteiger partial charge in [0.25, 0.3) is 0 Å². The van der Waals surface area contributed by atoms with Gasteiger partial charge in [0.05, 0.1) is 5.52 Å². The molecule has 3 rings (SSSR count). The van der Waals surface area contributed by atoms with E-state index in [9.17, 15) is 0 Å². The van der Waals surface area contributed by atoms with Crippen LogP contribution in [-0.4, -0.2) is 9.97 Å². The Morgan fingerprint density at radius 1 is 0.833 bits per heavy atom. The second kappa shape index (κ2) is 4.68. The first-order chi connectivity index (χ1) is 8.92. The molecule has 0 amide bonds. The van der Waals surface area contributed by atoms with Crippen molar-refractivity contribution in [1.29, 1.82) is 0 Å². The van der Waals surface area contributed by atoms with Crippen molar-refractivity contribution in [2.45, 2.75) is 0 Å². The van der Waals surface area contributed by atoms with E-state index in [4.69, 9.17) is 0 Å². The molecule has 0 N–H and O–H groups in total. The van der Waals surface area contributed by atoms with E-state index in [1.807, 2.05) is 48.5 Å². The molecule has 2 heteroatoms. The number of aromatic nitrogens is 2. The van der Waals surface area contributed by atoms with Gasteiger partial charge in [0.2, 0.25) is 0 Å². The molecule has 0 bridgehead atoms. The lowest BCUT2D eigenvalue weighted by atomic mass is 10.1. The summed E-state index contributed by atoms with van der Waals surface area (Å²) < 4.78 is 0. The number of fused-ring (bicyclic) bond motifs is 1. The Morgan fingerprint density at radius 3 is 2.61 bits per heavy atom. The molecular formula is C16H10N2. The first-order valence-corrected chi connectivity index (χ1v) is 5.70. The third kappa shape index (κ3) is 2.21. The molecule has 2 heterocycles. The third-order valence-electron chi connectivity index (χ3n) is 2.59. The maximum absolute atomic E-state index is 4.37. The number of pyridine rings is 2. The first kappa shape index (κ1) is 10.5. The molecule has 0 aliphatic carbocycles. The fourth-order valence-corrected chi connectivity index (χ4v) is 1.71. The highest BCUT2D eigenvalue weighted by atomic mass is 14.7. The predicted octanol–water partition coefficient (Wildman–Crippen LogP) is 3.03. The van der Waals surface area contributed by atoms with Crippen molar-refractivity contribution in [3.05, 3.63) is 72.2 Å². The van der Waals surface area contributed by atoms with Crippen LogP contribution in [0.25, 0.3) is 10.9 Å². The SMILES string of the molecule is C(#Cc1ccccn1)c1cnc2ccccc2c1. The molecule has 84 valence electrons. The molecule has 0 spiro atoms. The highest BCUT2D eigenvalue weighted by Gasteiger charge is 1.94. The largest absolute Gasteiger partial charge is 0.255 e. The molecule has 0 atom stereocenters. The molecule has 1 aromatic carbocycles. The zero-order valence-corrected chi connectivity index (χ0v) is 9.67. The lowest BCUT2D eigenvalue weighted by Crippen LogP contribution is -1.82. The number of benzene rings is 1. The summed E-state index contributed by atoms with van der Waals surface area (Å²) in [6.45, 7) is 0. The van der Waals surface area contributed by atoms with Crippen LogP contribution in [0, 0.1) is 11.8 Å². The van der Waals surface area contributed by atoms with Crippen LogP contribution in [0.4, 0.5) is 0 Å². The van der Waals surface area contributed by atoms with E-state index < -0.39 is 0 Å². The van der Waals surface area contributed by atoms with Gasteiger partial charge in [0.15, 0.2) is 0 Å². The van der Waals surface area contributed by atoms with E-state index in [2.05, 4.69) is 21.8 Å². The summed E-state index contributed by atoms with van der Waals surface area (Å²) in [5, 5.41) is 1.10. The average Bonchev–Trinajstić information content (AvgIpc) is 2.46. The fourth-order valence-electron chi connectivity index (χ4n) is 1.71. The van der Waals surface area contributed by atoms with E-state index in [1.54, 1.807) is 12.4 Å². The Bertz CT molecular complexity index is 737. The van der Waals surface area contributed by atoms with Crippen molar-refractivity contribution >= 4 is 10.9 Å². The average molecular weight is 230 g/mol. The van der Waals surface area contributed by atoms with Crippen molar-refractivity contribution in [1.82, 2.24) is 9.97 Å². The molecule has 3 aromatic rings. The minimum atomic E-state index is 0.769. The maximum atomic E-state index is 4.37. The van der Waals surface area contributed by atoms with Crippen molar-refractivity contribution < 1.29 is 0 Å². The Morgan fingerprint density at radius 2 is 1.72 bits per heavy atom. The van der Waals surface area contributed by atoms with Crippen molar-refractivity contribution in [3.63, 3.8) is 0 Å². The molecule has 2 aromatic heterocycles. The van der Waals surface area contributed by atoms with Gasteiger partial charge < -0.3 is 0 Å². The van der Waals surface area contributed by atoms with E-state index in [-0.39, 0.29) is 0 Å². The molecule has 0 fully saturated rings. The summed E-state index contributed by atoms with van der Waals surface area (Å²) in [6.07, 6.45) is 3.53. The minimum Gasteiger partial charge on any atom is -0.255 e. The Balaban J connectivity index is 1.99. The quantitative estimate of drug-likeness (QED) is 0.555. The van der Waals surface area contributed by atoms with Gasteiger partial charge in [0.1, 0.15) is 5.69 Å². The van der Waals surface area contributed by atoms with Crippen LogP contribution in [0.1, 0.15) is 11.3 Å². The predicted molar refractivity (Wildman–Crippen MR) is 72.0 cm³/mol.